The molecular formula is C24H33NO4S. The first-order valence-corrected chi connectivity index (χ1v) is 11.9. The minimum atomic E-state index is -3.99. The summed E-state index contributed by atoms with van der Waals surface area (Å²) in [7, 11) is -3.99. The molecular weight excluding hydrogens is 398 g/mol. The molecule has 0 bridgehead atoms. The third-order valence-corrected chi connectivity index (χ3v) is 7.42. The average molecular weight is 432 g/mol. The second kappa shape index (κ2) is 10.2. The lowest BCUT2D eigenvalue weighted by molar-refractivity contribution is -0.142. The number of nitrogens with zero attached hydrogens (tertiary/aromatic N) is 1. The van der Waals surface area contributed by atoms with E-state index in [0.717, 1.165) is 10.8 Å². The van der Waals surface area contributed by atoms with Crippen LogP contribution in [-0.2, 0) is 14.8 Å². The molecule has 5 nitrogen and oxygen atoms in total. The summed E-state index contributed by atoms with van der Waals surface area (Å²) in [4.78, 5) is 12.1. The number of carboxylic acids is 1. The van der Waals surface area contributed by atoms with Crippen molar-refractivity contribution in [2.75, 3.05) is 6.54 Å². The largest absolute Gasteiger partial charge is 0.480 e. The molecule has 0 aliphatic heterocycles. The van der Waals surface area contributed by atoms with E-state index < -0.39 is 27.3 Å². The topological polar surface area (TPSA) is 74.7 Å². The van der Waals surface area contributed by atoms with Crippen LogP contribution in [0.3, 0.4) is 0 Å². The molecule has 164 valence electrons. The van der Waals surface area contributed by atoms with E-state index in [-0.39, 0.29) is 24.8 Å². The fourth-order valence-corrected chi connectivity index (χ4v) is 5.51. The highest BCUT2D eigenvalue weighted by molar-refractivity contribution is 7.89. The fourth-order valence-electron chi connectivity index (χ4n) is 3.59. The van der Waals surface area contributed by atoms with E-state index in [0.29, 0.717) is 12.0 Å². The minimum Gasteiger partial charge on any atom is -0.480 e. The summed E-state index contributed by atoms with van der Waals surface area (Å²) in [5.74, 6) is -0.818. The highest BCUT2D eigenvalue weighted by atomic mass is 32.2. The summed E-state index contributed by atoms with van der Waals surface area (Å²) in [5.41, 5.74) is 0.590. The van der Waals surface area contributed by atoms with Crippen molar-refractivity contribution < 1.29 is 18.3 Å². The molecule has 2 aromatic rings. The van der Waals surface area contributed by atoms with Gasteiger partial charge in [-0.2, -0.15) is 4.31 Å². The van der Waals surface area contributed by atoms with E-state index in [1.807, 2.05) is 64.1 Å². The Balaban J connectivity index is 2.53. The van der Waals surface area contributed by atoms with Crippen LogP contribution in [0.1, 0.15) is 51.3 Å². The molecule has 2 unspecified atom stereocenters. The Morgan fingerprint density at radius 1 is 1.07 bits per heavy atom. The first-order valence-electron chi connectivity index (χ1n) is 10.4. The molecule has 0 spiro atoms. The van der Waals surface area contributed by atoms with Crippen LogP contribution in [0.15, 0.2) is 55.1 Å². The second-order valence-electron chi connectivity index (χ2n) is 8.58. The maximum atomic E-state index is 13.7. The Morgan fingerprint density at radius 2 is 1.70 bits per heavy atom. The van der Waals surface area contributed by atoms with Crippen LogP contribution >= 0.6 is 0 Å². The van der Waals surface area contributed by atoms with Gasteiger partial charge in [0.15, 0.2) is 0 Å². The van der Waals surface area contributed by atoms with Gasteiger partial charge in [-0.15, -0.1) is 6.58 Å². The summed E-state index contributed by atoms with van der Waals surface area (Å²) in [6, 6.07) is 12.1. The monoisotopic (exact) mass is 431 g/mol. The Morgan fingerprint density at radius 3 is 2.23 bits per heavy atom. The smallest absolute Gasteiger partial charge is 0.322 e. The second-order valence-corrected chi connectivity index (χ2v) is 10.6. The Hall–Kier alpha value is -2.18. The van der Waals surface area contributed by atoms with Crippen molar-refractivity contribution in [2.45, 2.75) is 51.8 Å². The summed E-state index contributed by atoms with van der Waals surface area (Å²) < 4.78 is 28.7. The standard InChI is InChI=1S/C24H33NO4S/c1-6-23(21-12-11-19-9-7-8-10-20(19)16-21)30(28,29)25(14-13-17(2)3)22(24(26)27)15-18(4)5/h6-12,16-18,22-23H,1,13-15H2,2-5H3,(H,26,27). The van der Waals surface area contributed by atoms with Crippen molar-refractivity contribution in [3.05, 3.63) is 60.7 Å². The summed E-state index contributed by atoms with van der Waals surface area (Å²) >= 11 is 0. The molecule has 0 amide bonds. The normalized spacial score (nSPS) is 14.4. The van der Waals surface area contributed by atoms with Crippen LogP contribution in [0.2, 0.25) is 0 Å². The maximum absolute atomic E-state index is 13.7. The number of aliphatic carboxylic acids is 1. The molecule has 6 heteroatoms. The summed E-state index contributed by atoms with van der Waals surface area (Å²) in [5, 5.41) is 10.8. The van der Waals surface area contributed by atoms with Gasteiger partial charge in [0.1, 0.15) is 11.3 Å². The fraction of sp³-hybridized carbons (Fsp3) is 0.458. The Bertz CT molecular complexity index is 982. The average Bonchev–Trinajstić information content (AvgIpc) is 2.66. The highest BCUT2D eigenvalue weighted by Crippen LogP contribution is 2.32. The Kier molecular flexibility index (Phi) is 8.21. The van der Waals surface area contributed by atoms with Crippen molar-refractivity contribution in [3.8, 4) is 0 Å². The zero-order valence-electron chi connectivity index (χ0n) is 18.3. The van der Waals surface area contributed by atoms with Crippen molar-refractivity contribution in [2.24, 2.45) is 11.8 Å². The van der Waals surface area contributed by atoms with Crippen molar-refractivity contribution in [3.63, 3.8) is 0 Å². The SMILES string of the molecule is C=CC(c1ccc2ccccc2c1)S(=O)(=O)N(CCC(C)C)C(CC(C)C)C(=O)O. The number of rotatable bonds is 11. The van der Waals surface area contributed by atoms with Crippen molar-refractivity contribution in [1.29, 1.82) is 0 Å². The van der Waals surface area contributed by atoms with Gasteiger partial charge in [-0.05, 0) is 47.1 Å². The third-order valence-electron chi connectivity index (χ3n) is 5.22. The third kappa shape index (κ3) is 5.70. The van der Waals surface area contributed by atoms with E-state index in [4.69, 9.17) is 0 Å². The molecule has 0 saturated carbocycles. The van der Waals surface area contributed by atoms with Gasteiger partial charge in [-0.25, -0.2) is 8.42 Å². The summed E-state index contributed by atoms with van der Waals surface area (Å²) in [6.07, 6.45) is 2.24. The number of benzene rings is 2. The van der Waals surface area contributed by atoms with Crippen LogP contribution in [0, 0.1) is 11.8 Å². The van der Waals surface area contributed by atoms with E-state index in [2.05, 4.69) is 6.58 Å². The number of fused-ring (bicyclic) bond motifs is 1. The zero-order chi connectivity index (χ0) is 22.5. The lowest BCUT2D eigenvalue weighted by Crippen LogP contribution is -2.47. The first kappa shape index (κ1) is 24.1. The maximum Gasteiger partial charge on any atom is 0.322 e. The molecule has 0 aliphatic rings. The van der Waals surface area contributed by atoms with Crippen molar-refractivity contribution >= 4 is 26.8 Å². The van der Waals surface area contributed by atoms with E-state index >= 15 is 0 Å². The van der Waals surface area contributed by atoms with Gasteiger partial charge in [0.2, 0.25) is 10.0 Å². The predicted octanol–water partition coefficient (Wildman–Crippen LogP) is 5.24. The number of hydrogen-bond donors (Lipinski definition) is 1. The summed E-state index contributed by atoms with van der Waals surface area (Å²) in [6.45, 7) is 11.7. The molecule has 0 aliphatic carbocycles. The molecule has 2 aromatic carbocycles. The lowest BCUT2D eigenvalue weighted by atomic mass is 10.0. The van der Waals surface area contributed by atoms with Gasteiger partial charge in [-0.1, -0.05) is 70.2 Å². The molecule has 2 rings (SSSR count). The number of carbonyl (C=O) groups is 1. The lowest BCUT2D eigenvalue weighted by Gasteiger charge is -2.32. The van der Waals surface area contributed by atoms with Crippen LogP contribution in [0.4, 0.5) is 0 Å². The molecule has 1 N–H and O–H groups in total. The van der Waals surface area contributed by atoms with Crippen molar-refractivity contribution in [1.82, 2.24) is 4.31 Å². The van der Waals surface area contributed by atoms with E-state index in [1.54, 1.807) is 6.07 Å². The highest BCUT2D eigenvalue weighted by Gasteiger charge is 2.39. The van der Waals surface area contributed by atoms with E-state index in [1.165, 1.54) is 10.4 Å². The van der Waals surface area contributed by atoms with Gasteiger partial charge in [0, 0.05) is 6.54 Å². The van der Waals surface area contributed by atoms with Crippen LogP contribution < -0.4 is 0 Å². The van der Waals surface area contributed by atoms with Gasteiger partial charge in [0.25, 0.3) is 0 Å². The van der Waals surface area contributed by atoms with Crippen LogP contribution in [0.5, 0.6) is 0 Å². The van der Waals surface area contributed by atoms with Gasteiger partial charge in [0.05, 0.1) is 0 Å². The molecule has 2 atom stereocenters. The number of hydrogen-bond acceptors (Lipinski definition) is 3. The molecule has 0 fully saturated rings. The Labute approximate surface area is 180 Å². The van der Waals surface area contributed by atoms with Crippen LogP contribution in [0.25, 0.3) is 10.8 Å². The van der Waals surface area contributed by atoms with Crippen LogP contribution in [-0.4, -0.2) is 36.4 Å². The van der Waals surface area contributed by atoms with Gasteiger partial charge in [-0.3, -0.25) is 4.79 Å². The molecule has 0 aromatic heterocycles. The zero-order valence-corrected chi connectivity index (χ0v) is 19.1. The first-order chi connectivity index (χ1) is 14.1. The molecule has 0 radical (unpaired) electrons. The molecule has 0 heterocycles. The molecule has 30 heavy (non-hydrogen) atoms. The predicted molar refractivity (Wildman–Crippen MR) is 123 cm³/mol. The minimum absolute atomic E-state index is 0.0469. The number of sulfonamides is 1. The quantitative estimate of drug-likeness (QED) is 0.494. The van der Waals surface area contributed by atoms with Gasteiger partial charge < -0.3 is 5.11 Å². The number of carboxylic acid groups (broad SMARTS) is 1. The van der Waals surface area contributed by atoms with Gasteiger partial charge >= 0.3 is 5.97 Å². The van der Waals surface area contributed by atoms with E-state index in [9.17, 15) is 18.3 Å². The molecule has 0 saturated heterocycles.